The first kappa shape index (κ1) is 15.5. The smallest absolute Gasteiger partial charge is 0.0237 e. The van der Waals surface area contributed by atoms with E-state index in [4.69, 9.17) is 0 Å². The summed E-state index contributed by atoms with van der Waals surface area (Å²) in [7, 11) is 0. The monoisotopic (exact) mass is 268 g/mol. The zero-order valence-corrected chi connectivity index (χ0v) is 12.5. The Morgan fingerprint density at radius 2 is 1.94 bits per heavy atom. The fourth-order valence-corrected chi connectivity index (χ4v) is 2.36. The second kappa shape index (κ2) is 7.13. The number of benzene rings is 1. The van der Waals surface area contributed by atoms with E-state index in [0.29, 0.717) is 12.0 Å². The molecule has 1 aromatic carbocycles. The highest BCUT2D eigenvalue weighted by atomic mass is 35.5. The molecule has 0 aromatic heterocycles. The molecule has 1 fully saturated rings. The van der Waals surface area contributed by atoms with E-state index in [0.717, 1.165) is 26.2 Å². The SMILES string of the molecule is CC(C)c1ccc(CN2CCNC[C@@H]2C)cc1.Cl. The third-order valence-electron chi connectivity index (χ3n) is 3.67. The Kier molecular flexibility index (Phi) is 6.13. The minimum Gasteiger partial charge on any atom is -0.314 e. The van der Waals surface area contributed by atoms with Crippen LogP contribution in [0.4, 0.5) is 0 Å². The zero-order valence-electron chi connectivity index (χ0n) is 11.6. The molecule has 1 aliphatic rings. The molecule has 0 spiro atoms. The molecule has 3 heteroatoms. The Bertz CT molecular complexity index is 348. The van der Waals surface area contributed by atoms with Crippen LogP contribution in [0.5, 0.6) is 0 Å². The fraction of sp³-hybridized carbons (Fsp3) is 0.600. The highest BCUT2D eigenvalue weighted by molar-refractivity contribution is 5.85. The lowest BCUT2D eigenvalue weighted by molar-refractivity contribution is 0.165. The average molecular weight is 269 g/mol. The molecule has 1 N–H and O–H groups in total. The van der Waals surface area contributed by atoms with Gasteiger partial charge in [0.25, 0.3) is 0 Å². The predicted octanol–water partition coefficient (Wildman–Crippen LogP) is 3.03. The second-order valence-electron chi connectivity index (χ2n) is 5.42. The number of hydrogen-bond donors (Lipinski definition) is 1. The van der Waals surface area contributed by atoms with Gasteiger partial charge in [0.1, 0.15) is 0 Å². The fourth-order valence-electron chi connectivity index (χ4n) is 2.36. The van der Waals surface area contributed by atoms with Gasteiger partial charge in [-0.05, 0) is 24.0 Å². The Hall–Kier alpha value is -0.570. The molecule has 0 radical (unpaired) electrons. The topological polar surface area (TPSA) is 15.3 Å². The first-order valence-electron chi connectivity index (χ1n) is 6.70. The molecule has 1 atom stereocenters. The number of nitrogens with zero attached hydrogens (tertiary/aromatic N) is 1. The van der Waals surface area contributed by atoms with Crippen LogP contribution in [0.2, 0.25) is 0 Å². The highest BCUT2D eigenvalue weighted by Gasteiger charge is 2.17. The van der Waals surface area contributed by atoms with Gasteiger partial charge in [-0.15, -0.1) is 12.4 Å². The van der Waals surface area contributed by atoms with Crippen LogP contribution >= 0.6 is 12.4 Å². The molecule has 2 rings (SSSR count). The van der Waals surface area contributed by atoms with Crippen molar-refractivity contribution in [1.82, 2.24) is 10.2 Å². The molecule has 0 aliphatic carbocycles. The van der Waals surface area contributed by atoms with Crippen LogP contribution in [0.1, 0.15) is 37.8 Å². The van der Waals surface area contributed by atoms with E-state index in [1.54, 1.807) is 0 Å². The van der Waals surface area contributed by atoms with Gasteiger partial charge in [-0.3, -0.25) is 4.90 Å². The van der Waals surface area contributed by atoms with Crippen LogP contribution in [-0.2, 0) is 6.54 Å². The Balaban J connectivity index is 0.00000162. The van der Waals surface area contributed by atoms with Crippen molar-refractivity contribution in [2.45, 2.75) is 39.3 Å². The summed E-state index contributed by atoms with van der Waals surface area (Å²) in [5.41, 5.74) is 2.87. The van der Waals surface area contributed by atoms with Crippen molar-refractivity contribution in [3.63, 3.8) is 0 Å². The average Bonchev–Trinajstić information content (AvgIpc) is 2.33. The summed E-state index contributed by atoms with van der Waals surface area (Å²) in [4.78, 5) is 2.56. The Morgan fingerprint density at radius 1 is 1.28 bits per heavy atom. The molecule has 1 aromatic rings. The summed E-state index contributed by atoms with van der Waals surface area (Å²) in [5, 5.41) is 3.43. The van der Waals surface area contributed by atoms with Crippen molar-refractivity contribution in [3.8, 4) is 0 Å². The van der Waals surface area contributed by atoms with Gasteiger partial charge in [0.2, 0.25) is 0 Å². The molecule has 102 valence electrons. The minimum absolute atomic E-state index is 0. The normalized spacial score (nSPS) is 20.8. The van der Waals surface area contributed by atoms with E-state index in [1.807, 2.05) is 0 Å². The summed E-state index contributed by atoms with van der Waals surface area (Å²) in [6.07, 6.45) is 0. The molecule has 18 heavy (non-hydrogen) atoms. The number of rotatable bonds is 3. The minimum atomic E-state index is 0. The summed E-state index contributed by atoms with van der Waals surface area (Å²) in [6.45, 7) is 11.3. The van der Waals surface area contributed by atoms with E-state index in [-0.39, 0.29) is 12.4 Å². The van der Waals surface area contributed by atoms with Crippen molar-refractivity contribution in [1.29, 1.82) is 0 Å². The molecule has 1 saturated heterocycles. The van der Waals surface area contributed by atoms with Gasteiger partial charge in [-0.1, -0.05) is 38.1 Å². The molecule has 1 aliphatic heterocycles. The van der Waals surface area contributed by atoms with Crippen molar-refractivity contribution < 1.29 is 0 Å². The maximum atomic E-state index is 3.43. The second-order valence-corrected chi connectivity index (χ2v) is 5.42. The predicted molar refractivity (Wildman–Crippen MR) is 80.5 cm³/mol. The molecule has 0 unspecified atom stereocenters. The molecule has 1 heterocycles. The van der Waals surface area contributed by atoms with Crippen molar-refractivity contribution >= 4 is 12.4 Å². The standard InChI is InChI=1S/C15H24N2.ClH/c1-12(2)15-6-4-14(5-7-15)11-17-9-8-16-10-13(17)3;/h4-7,12-13,16H,8-11H2,1-3H3;1H/t13-;/m0./s1. The van der Waals surface area contributed by atoms with Gasteiger partial charge in [0, 0.05) is 32.2 Å². The summed E-state index contributed by atoms with van der Waals surface area (Å²) in [5.74, 6) is 0.627. The van der Waals surface area contributed by atoms with Gasteiger partial charge < -0.3 is 5.32 Å². The lowest BCUT2D eigenvalue weighted by Gasteiger charge is -2.33. The summed E-state index contributed by atoms with van der Waals surface area (Å²) < 4.78 is 0. The third-order valence-corrected chi connectivity index (χ3v) is 3.67. The Labute approximate surface area is 117 Å². The van der Waals surface area contributed by atoms with Gasteiger partial charge in [0.15, 0.2) is 0 Å². The number of halogens is 1. The van der Waals surface area contributed by atoms with Crippen molar-refractivity contribution in [2.24, 2.45) is 0 Å². The first-order chi connectivity index (χ1) is 8.16. The molecular formula is C15H25ClN2. The van der Waals surface area contributed by atoms with Gasteiger partial charge >= 0.3 is 0 Å². The van der Waals surface area contributed by atoms with Crippen LogP contribution < -0.4 is 5.32 Å². The number of piperazine rings is 1. The largest absolute Gasteiger partial charge is 0.314 e. The first-order valence-corrected chi connectivity index (χ1v) is 6.70. The number of nitrogens with one attached hydrogen (secondary N) is 1. The van der Waals surface area contributed by atoms with Gasteiger partial charge in [-0.25, -0.2) is 0 Å². The maximum absolute atomic E-state index is 3.43. The van der Waals surface area contributed by atoms with Crippen LogP contribution in [0.15, 0.2) is 24.3 Å². The molecular weight excluding hydrogens is 244 g/mol. The van der Waals surface area contributed by atoms with E-state index in [9.17, 15) is 0 Å². The van der Waals surface area contributed by atoms with Gasteiger partial charge in [-0.2, -0.15) is 0 Å². The molecule has 0 saturated carbocycles. The summed E-state index contributed by atoms with van der Waals surface area (Å²) in [6, 6.07) is 9.75. The third kappa shape index (κ3) is 3.98. The van der Waals surface area contributed by atoms with E-state index in [1.165, 1.54) is 11.1 Å². The lowest BCUT2D eigenvalue weighted by Crippen LogP contribution is -2.49. The maximum Gasteiger partial charge on any atom is 0.0237 e. The van der Waals surface area contributed by atoms with E-state index in [2.05, 4.69) is 55.3 Å². The van der Waals surface area contributed by atoms with Crippen LogP contribution in [-0.4, -0.2) is 30.6 Å². The molecule has 0 bridgehead atoms. The Morgan fingerprint density at radius 3 is 2.50 bits per heavy atom. The highest BCUT2D eigenvalue weighted by Crippen LogP contribution is 2.16. The van der Waals surface area contributed by atoms with Crippen molar-refractivity contribution in [3.05, 3.63) is 35.4 Å². The summed E-state index contributed by atoms with van der Waals surface area (Å²) >= 11 is 0. The van der Waals surface area contributed by atoms with Crippen LogP contribution in [0.25, 0.3) is 0 Å². The van der Waals surface area contributed by atoms with Crippen LogP contribution in [0, 0.1) is 0 Å². The van der Waals surface area contributed by atoms with E-state index >= 15 is 0 Å². The molecule has 2 nitrogen and oxygen atoms in total. The van der Waals surface area contributed by atoms with Crippen LogP contribution in [0.3, 0.4) is 0 Å². The number of hydrogen-bond acceptors (Lipinski definition) is 2. The van der Waals surface area contributed by atoms with Gasteiger partial charge in [0.05, 0.1) is 0 Å². The molecule has 0 amide bonds. The quantitative estimate of drug-likeness (QED) is 0.907. The van der Waals surface area contributed by atoms with E-state index < -0.39 is 0 Å². The zero-order chi connectivity index (χ0) is 12.3. The lowest BCUT2D eigenvalue weighted by atomic mass is 10.0. The van der Waals surface area contributed by atoms with Crippen molar-refractivity contribution in [2.75, 3.05) is 19.6 Å².